The van der Waals surface area contributed by atoms with Crippen LogP contribution in [0.1, 0.15) is 23.6 Å². The third kappa shape index (κ3) is 3.76. The molecule has 0 spiro atoms. The third-order valence-corrected chi connectivity index (χ3v) is 3.45. The minimum Gasteiger partial charge on any atom is -0.481 e. The summed E-state index contributed by atoms with van der Waals surface area (Å²) in [7, 11) is 1.54. The molecule has 1 heterocycles. The number of aromatic nitrogens is 1. The van der Waals surface area contributed by atoms with Crippen molar-refractivity contribution in [2.24, 2.45) is 0 Å². The van der Waals surface area contributed by atoms with Gasteiger partial charge in [-0.05, 0) is 31.0 Å². The molecule has 1 unspecified atom stereocenters. The molecule has 0 fully saturated rings. The number of aliphatic hydroxyl groups excluding tert-OH is 1. The van der Waals surface area contributed by atoms with E-state index in [-0.39, 0.29) is 5.76 Å². The first kappa shape index (κ1) is 16.7. The number of aryl methyl sites for hydroxylation is 1. The highest BCUT2D eigenvalue weighted by Crippen LogP contribution is 2.31. The van der Waals surface area contributed by atoms with E-state index in [0.717, 1.165) is 16.7 Å². The maximum absolute atomic E-state index is 10.9. The van der Waals surface area contributed by atoms with Gasteiger partial charge < -0.3 is 14.6 Å². The summed E-state index contributed by atoms with van der Waals surface area (Å²) in [5.41, 5.74) is 3.20. The van der Waals surface area contributed by atoms with Gasteiger partial charge in [-0.2, -0.15) is 0 Å². The lowest BCUT2D eigenvalue weighted by Gasteiger charge is -2.18. The molecule has 0 aliphatic heterocycles. The Balaban J connectivity index is 2.70. The Kier molecular flexibility index (Phi) is 5.49. The van der Waals surface area contributed by atoms with E-state index < -0.39 is 6.10 Å². The van der Waals surface area contributed by atoms with Gasteiger partial charge in [0.05, 0.1) is 7.11 Å². The van der Waals surface area contributed by atoms with Crippen LogP contribution in [0.25, 0.3) is 5.57 Å². The predicted molar refractivity (Wildman–Crippen MR) is 86.8 cm³/mol. The first-order valence-corrected chi connectivity index (χ1v) is 7.17. The molecular weight excluding hydrogens is 294 g/mol. The molecule has 5 heteroatoms. The van der Waals surface area contributed by atoms with Gasteiger partial charge in [-0.3, -0.25) is 4.79 Å². The second-order valence-electron chi connectivity index (χ2n) is 5.03. The zero-order chi connectivity index (χ0) is 16.8. The molecule has 2 rings (SSSR count). The fraction of sp³-hybridized carbons (Fsp3) is 0.222. The number of hydrogen-bond donors (Lipinski definition) is 1. The van der Waals surface area contributed by atoms with Crippen LogP contribution in [0.5, 0.6) is 5.88 Å². The van der Waals surface area contributed by atoms with Crippen LogP contribution in [0.2, 0.25) is 0 Å². The maximum Gasteiger partial charge on any atom is 0.298 e. The second kappa shape index (κ2) is 7.56. The Labute approximate surface area is 135 Å². The summed E-state index contributed by atoms with van der Waals surface area (Å²) in [4.78, 5) is 15.1. The van der Waals surface area contributed by atoms with Crippen LogP contribution in [0.4, 0.5) is 0 Å². The monoisotopic (exact) mass is 313 g/mol. The lowest BCUT2D eigenvalue weighted by Crippen LogP contribution is -2.12. The summed E-state index contributed by atoms with van der Waals surface area (Å²) >= 11 is 0. The van der Waals surface area contributed by atoms with Gasteiger partial charge in [-0.25, -0.2) is 4.98 Å². The van der Waals surface area contributed by atoms with Crippen LogP contribution < -0.4 is 4.74 Å². The standard InChI is InChI=1S/C18H19NO4/c1-12-6-4-5-7-15(12)17(18(13(2)21)23-11-20)14-8-9-16(22-3)19-10-14/h4-11,13,21H,1-3H3/b18-17-. The van der Waals surface area contributed by atoms with Gasteiger partial charge in [-0.15, -0.1) is 0 Å². The molecule has 0 aliphatic rings. The lowest BCUT2D eigenvalue weighted by molar-refractivity contribution is -0.126. The normalized spacial score (nSPS) is 13.0. The van der Waals surface area contributed by atoms with Crippen molar-refractivity contribution in [1.82, 2.24) is 4.98 Å². The van der Waals surface area contributed by atoms with Crippen molar-refractivity contribution in [3.63, 3.8) is 0 Å². The fourth-order valence-corrected chi connectivity index (χ4v) is 2.35. The zero-order valence-electron chi connectivity index (χ0n) is 13.3. The van der Waals surface area contributed by atoms with Crippen molar-refractivity contribution in [2.75, 3.05) is 7.11 Å². The molecule has 2 aromatic rings. The van der Waals surface area contributed by atoms with Crippen molar-refractivity contribution in [2.45, 2.75) is 20.0 Å². The van der Waals surface area contributed by atoms with Gasteiger partial charge in [0.25, 0.3) is 6.47 Å². The molecule has 0 saturated heterocycles. The van der Waals surface area contributed by atoms with Crippen molar-refractivity contribution < 1.29 is 19.4 Å². The quantitative estimate of drug-likeness (QED) is 0.656. The van der Waals surface area contributed by atoms with Crippen molar-refractivity contribution in [1.29, 1.82) is 0 Å². The summed E-state index contributed by atoms with van der Waals surface area (Å²) in [5, 5.41) is 10.0. The van der Waals surface area contributed by atoms with Gasteiger partial charge in [0.1, 0.15) is 11.9 Å². The van der Waals surface area contributed by atoms with Crippen molar-refractivity contribution in [3.8, 4) is 5.88 Å². The zero-order valence-corrected chi connectivity index (χ0v) is 13.3. The number of carbonyl (C=O) groups is 1. The number of aliphatic hydroxyl groups is 1. The highest BCUT2D eigenvalue weighted by atomic mass is 16.5. The predicted octanol–water partition coefficient (Wildman–Crippen LogP) is 2.71. The number of methoxy groups -OCH3 is 1. The van der Waals surface area contributed by atoms with Gasteiger partial charge >= 0.3 is 0 Å². The molecule has 1 atom stereocenters. The van der Waals surface area contributed by atoms with E-state index in [9.17, 15) is 9.90 Å². The molecule has 5 nitrogen and oxygen atoms in total. The van der Waals surface area contributed by atoms with Gasteiger partial charge in [0, 0.05) is 23.4 Å². The fourth-order valence-electron chi connectivity index (χ4n) is 2.35. The number of ether oxygens (including phenoxy) is 2. The van der Waals surface area contributed by atoms with E-state index in [4.69, 9.17) is 9.47 Å². The molecule has 1 N–H and O–H groups in total. The number of pyridine rings is 1. The summed E-state index contributed by atoms with van der Waals surface area (Å²) in [6, 6.07) is 11.2. The lowest BCUT2D eigenvalue weighted by atomic mass is 9.93. The van der Waals surface area contributed by atoms with Gasteiger partial charge in [0.2, 0.25) is 5.88 Å². The van der Waals surface area contributed by atoms with Gasteiger partial charge in [-0.1, -0.05) is 24.3 Å². The molecule has 1 aromatic carbocycles. The smallest absolute Gasteiger partial charge is 0.298 e. The van der Waals surface area contributed by atoms with Crippen LogP contribution in [-0.2, 0) is 9.53 Å². The molecule has 120 valence electrons. The van der Waals surface area contributed by atoms with E-state index in [1.807, 2.05) is 37.3 Å². The van der Waals surface area contributed by atoms with Crippen LogP contribution >= 0.6 is 0 Å². The summed E-state index contributed by atoms with van der Waals surface area (Å²) in [5.74, 6) is 0.661. The molecular formula is C18H19NO4. The average molecular weight is 313 g/mol. The van der Waals surface area contributed by atoms with Crippen LogP contribution in [0.15, 0.2) is 48.4 Å². The van der Waals surface area contributed by atoms with E-state index in [2.05, 4.69) is 4.98 Å². The largest absolute Gasteiger partial charge is 0.481 e. The molecule has 23 heavy (non-hydrogen) atoms. The highest BCUT2D eigenvalue weighted by Gasteiger charge is 2.19. The summed E-state index contributed by atoms with van der Waals surface area (Å²) < 4.78 is 10.1. The third-order valence-electron chi connectivity index (χ3n) is 3.45. The Bertz CT molecular complexity index is 705. The molecule has 0 aliphatic carbocycles. The number of benzene rings is 1. The Hall–Kier alpha value is -2.66. The summed E-state index contributed by atoms with van der Waals surface area (Å²) in [6.45, 7) is 3.82. The molecule has 0 amide bonds. The van der Waals surface area contributed by atoms with E-state index in [0.29, 0.717) is 17.9 Å². The van der Waals surface area contributed by atoms with Crippen molar-refractivity contribution >= 4 is 12.0 Å². The first-order valence-electron chi connectivity index (χ1n) is 7.17. The molecule has 0 radical (unpaired) electrons. The molecule has 0 bridgehead atoms. The SMILES string of the molecule is COc1ccc(/C(=C(/OC=O)C(C)O)c2ccccc2C)cn1. The number of rotatable bonds is 6. The average Bonchev–Trinajstić information content (AvgIpc) is 2.56. The van der Waals surface area contributed by atoms with Crippen LogP contribution in [0, 0.1) is 6.92 Å². The van der Waals surface area contributed by atoms with E-state index in [1.165, 1.54) is 7.11 Å². The second-order valence-corrected chi connectivity index (χ2v) is 5.03. The first-order chi connectivity index (χ1) is 11.1. The van der Waals surface area contributed by atoms with E-state index >= 15 is 0 Å². The minimum absolute atomic E-state index is 0.182. The number of nitrogens with zero attached hydrogens (tertiary/aromatic N) is 1. The topological polar surface area (TPSA) is 68.7 Å². The minimum atomic E-state index is -0.947. The van der Waals surface area contributed by atoms with Gasteiger partial charge in [0.15, 0.2) is 0 Å². The number of carbonyl (C=O) groups excluding carboxylic acids is 1. The Morgan fingerprint density at radius 3 is 2.52 bits per heavy atom. The highest BCUT2D eigenvalue weighted by molar-refractivity contribution is 5.83. The Morgan fingerprint density at radius 1 is 1.26 bits per heavy atom. The van der Waals surface area contributed by atoms with E-state index in [1.54, 1.807) is 19.2 Å². The molecule has 0 saturated carbocycles. The van der Waals surface area contributed by atoms with Crippen LogP contribution in [0.3, 0.4) is 0 Å². The maximum atomic E-state index is 10.9. The van der Waals surface area contributed by atoms with Crippen molar-refractivity contribution in [3.05, 3.63) is 65.0 Å². The molecule has 1 aromatic heterocycles. The Morgan fingerprint density at radius 2 is 2.00 bits per heavy atom. The van der Waals surface area contributed by atoms with Crippen LogP contribution in [-0.4, -0.2) is 29.8 Å². The number of hydrogen-bond acceptors (Lipinski definition) is 5. The summed E-state index contributed by atoms with van der Waals surface area (Å²) in [6.07, 6.45) is 0.675.